The van der Waals surface area contributed by atoms with Gasteiger partial charge in [0.05, 0.1) is 6.21 Å². The van der Waals surface area contributed by atoms with E-state index in [1.54, 1.807) is 6.21 Å². The molecule has 0 saturated heterocycles. The molecule has 0 unspecified atom stereocenters. The van der Waals surface area contributed by atoms with Crippen molar-refractivity contribution in [2.75, 3.05) is 6.61 Å². The van der Waals surface area contributed by atoms with Crippen LogP contribution in [0.15, 0.2) is 82.4 Å². The van der Waals surface area contributed by atoms with Gasteiger partial charge < -0.3 is 9.47 Å². The van der Waals surface area contributed by atoms with Gasteiger partial charge in [-0.25, -0.2) is 5.43 Å². The highest BCUT2D eigenvalue weighted by Gasteiger charge is 2.27. The summed E-state index contributed by atoms with van der Waals surface area (Å²) < 4.78 is 12.5. The van der Waals surface area contributed by atoms with Crippen LogP contribution in [-0.2, 0) is 16.8 Å². The summed E-state index contributed by atoms with van der Waals surface area (Å²) in [5, 5.41) is 4.09. The maximum absolute atomic E-state index is 12.3. The Morgan fingerprint density at radius 1 is 0.944 bits per heavy atom. The van der Waals surface area contributed by atoms with Crippen molar-refractivity contribution in [2.24, 2.45) is 10.5 Å². The summed E-state index contributed by atoms with van der Waals surface area (Å²) in [6.45, 7) is 11.6. The van der Waals surface area contributed by atoms with Gasteiger partial charge in [0, 0.05) is 10.0 Å². The molecule has 5 nitrogen and oxygen atoms in total. The summed E-state index contributed by atoms with van der Waals surface area (Å²) in [7, 11) is 0. The first-order valence-electron chi connectivity index (χ1n) is 12.0. The fourth-order valence-corrected chi connectivity index (χ4v) is 4.65. The molecular weight excluding hydrogens is 516 g/mol. The minimum atomic E-state index is -0.342. The molecule has 0 fully saturated rings. The first-order chi connectivity index (χ1) is 17.0. The molecule has 0 heterocycles. The first kappa shape index (κ1) is 27.5. The van der Waals surface area contributed by atoms with Crippen LogP contribution >= 0.6 is 15.9 Å². The third-order valence-electron chi connectivity index (χ3n) is 5.58. The van der Waals surface area contributed by atoms with Crippen molar-refractivity contribution < 1.29 is 14.3 Å². The lowest BCUT2D eigenvalue weighted by atomic mass is 9.72. The third-order valence-corrected chi connectivity index (χ3v) is 6.07. The Balaban J connectivity index is 1.52. The van der Waals surface area contributed by atoms with Crippen molar-refractivity contribution in [1.29, 1.82) is 0 Å². The lowest BCUT2D eigenvalue weighted by Crippen LogP contribution is -2.25. The van der Waals surface area contributed by atoms with Crippen LogP contribution in [0.5, 0.6) is 11.5 Å². The number of benzene rings is 3. The van der Waals surface area contributed by atoms with Gasteiger partial charge in [-0.2, -0.15) is 5.10 Å². The molecule has 0 radical (unpaired) electrons. The van der Waals surface area contributed by atoms with Gasteiger partial charge in [-0.1, -0.05) is 93.0 Å². The summed E-state index contributed by atoms with van der Waals surface area (Å²) in [4.78, 5) is 12.3. The fourth-order valence-electron chi connectivity index (χ4n) is 4.27. The molecule has 0 bridgehead atoms. The van der Waals surface area contributed by atoms with Crippen LogP contribution < -0.4 is 14.9 Å². The second-order valence-corrected chi connectivity index (χ2v) is 11.6. The second kappa shape index (κ2) is 12.2. The van der Waals surface area contributed by atoms with E-state index >= 15 is 0 Å². The Morgan fingerprint density at radius 3 is 2.31 bits per heavy atom. The first-order valence-corrected chi connectivity index (χ1v) is 12.8. The molecule has 3 aromatic rings. The topological polar surface area (TPSA) is 59.9 Å². The van der Waals surface area contributed by atoms with Crippen molar-refractivity contribution in [3.05, 3.63) is 94.0 Å². The number of hydrazone groups is 1. The number of ether oxygens (including phenoxy) is 2. The van der Waals surface area contributed by atoms with Gasteiger partial charge in [0.25, 0.3) is 5.91 Å². The zero-order valence-electron chi connectivity index (χ0n) is 21.7. The highest BCUT2D eigenvalue weighted by molar-refractivity contribution is 9.10. The van der Waals surface area contributed by atoms with E-state index in [0.717, 1.165) is 22.0 Å². The normalized spacial score (nSPS) is 11.9. The molecule has 3 aromatic carbocycles. The SMILES string of the molecule is CC(C)(C)CC(C)(C)c1ccc(OCC(=O)N/N=C/c2cc(Br)ccc2OCc2ccccc2)cc1. The average Bonchev–Trinajstić information content (AvgIpc) is 2.82. The van der Waals surface area contributed by atoms with Crippen LogP contribution in [0.25, 0.3) is 0 Å². The molecule has 1 N–H and O–H groups in total. The van der Waals surface area contributed by atoms with Crippen LogP contribution in [0.3, 0.4) is 0 Å². The number of carbonyl (C=O) groups excluding carboxylic acids is 1. The van der Waals surface area contributed by atoms with Gasteiger partial charge in [-0.3, -0.25) is 4.79 Å². The predicted molar refractivity (Wildman–Crippen MR) is 150 cm³/mol. The number of carbonyl (C=O) groups is 1. The Kier molecular flexibility index (Phi) is 9.32. The second-order valence-electron chi connectivity index (χ2n) is 10.7. The number of nitrogens with one attached hydrogen (secondary N) is 1. The van der Waals surface area contributed by atoms with Crippen LogP contribution in [0.2, 0.25) is 0 Å². The van der Waals surface area contributed by atoms with Crippen molar-refractivity contribution >= 4 is 28.1 Å². The Morgan fingerprint density at radius 2 is 1.64 bits per heavy atom. The van der Waals surface area contributed by atoms with Crippen molar-refractivity contribution in [2.45, 2.75) is 53.1 Å². The van der Waals surface area contributed by atoms with Crippen LogP contribution in [0.1, 0.15) is 57.7 Å². The molecule has 0 aliphatic rings. The Hall–Kier alpha value is -3.12. The standard InChI is InChI=1S/C30H35BrN2O3/c1-29(2,3)21-30(4,5)24-11-14-26(15-12-24)35-20-28(34)33-32-18-23-17-25(31)13-16-27(23)36-19-22-9-7-6-8-10-22/h6-18H,19-21H2,1-5H3,(H,33,34)/b32-18+. The number of nitrogens with zero attached hydrogens (tertiary/aromatic N) is 1. The summed E-state index contributed by atoms with van der Waals surface area (Å²) in [6.07, 6.45) is 2.63. The number of hydrogen-bond donors (Lipinski definition) is 1. The predicted octanol–water partition coefficient (Wildman–Crippen LogP) is 7.27. The van der Waals surface area contributed by atoms with E-state index in [0.29, 0.717) is 18.1 Å². The van der Waals surface area contributed by atoms with Crippen molar-refractivity contribution in [3.8, 4) is 11.5 Å². The molecule has 0 atom stereocenters. The van der Waals surface area contributed by atoms with E-state index in [9.17, 15) is 4.79 Å². The largest absolute Gasteiger partial charge is 0.488 e. The third kappa shape index (κ3) is 8.83. The minimum absolute atomic E-state index is 0.0545. The van der Waals surface area contributed by atoms with Gasteiger partial charge in [-0.15, -0.1) is 0 Å². The number of rotatable bonds is 10. The number of amides is 1. The number of halogens is 1. The van der Waals surface area contributed by atoms with Crippen LogP contribution in [0, 0.1) is 5.41 Å². The molecule has 0 aliphatic carbocycles. The molecule has 1 amide bonds. The molecule has 6 heteroatoms. The van der Waals surface area contributed by atoms with E-state index in [4.69, 9.17) is 9.47 Å². The zero-order chi connectivity index (χ0) is 26.2. The minimum Gasteiger partial charge on any atom is -0.488 e. The van der Waals surface area contributed by atoms with E-state index in [2.05, 4.69) is 73.2 Å². The quantitative estimate of drug-likeness (QED) is 0.213. The average molecular weight is 552 g/mol. The summed E-state index contributed by atoms with van der Waals surface area (Å²) in [6, 6.07) is 23.5. The van der Waals surface area contributed by atoms with Crippen LogP contribution in [0.4, 0.5) is 0 Å². The van der Waals surface area contributed by atoms with E-state index in [1.165, 1.54) is 5.56 Å². The zero-order valence-corrected chi connectivity index (χ0v) is 23.3. The molecule has 0 aliphatic heterocycles. The monoisotopic (exact) mass is 550 g/mol. The fraction of sp³-hybridized carbons (Fsp3) is 0.333. The smallest absolute Gasteiger partial charge is 0.277 e. The molecule has 36 heavy (non-hydrogen) atoms. The Bertz CT molecular complexity index is 1170. The summed E-state index contributed by atoms with van der Waals surface area (Å²) in [5.74, 6) is 0.976. The summed E-state index contributed by atoms with van der Waals surface area (Å²) >= 11 is 3.47. The highest BCUT2D eigenvalue weighted by atomic mass is 79.9. The molecular formula is C30H35BrN2O3. The van der Waals surface area contributed by atoms with Gasteiger partial charge in [0.2, 0.25) is 0 Å². The molecule has 0 spiro atoms. The maximum atomic E-state index is 12.3. The van der Waals surface area contributed by atoms with E-state index in [1.807, 2.05) is 60.7 Å². The van der Waals surface area contributed by atoms with Crippen molar-refractivity contribution in [1.82, 2.24) is 5.43 Å². The molecule has 190 valence electrons. The Labute approximate surface area is 223 Å². The van der Waals surface area contributed by atoms with Gasteiger partial charge in [0.15, 0.2) is 6.61 Å². The van der Waals surface area contributed by atoms with E-state index < -0.39 is 0 Å². The molecule has 3 rings (SSSR count). The van der Waals surface area contributed by atoms with Gasteiger partial charge in [-0.05, 0) is 58.7 Å². The highest BCUT2D eigenvalue weighted by Crippen LogP contribution is 2.36. The van der Waals surface area contributed by atoms with E-state index in [-0.39, 0.29) is 23.3 Å². The van der Waals surface area contributed by atoms with Crippen LogP contribution in [-0.4, -0.2) is 18.7 Å². The molecule has 0 aromatic heterocycles. The molecule has 0 saturated carbocycles. The lowest BCUT2D eigenvalue weighted by molar-refractivity contribution is -0.123. The number of hydrogen-bond acceptors (Lipinski definition) is 4. The van der Waals surface area contributed by atoms with Crippen molar-refractivity contribution in [3.63, 3.8) is 0 Å². The lowest BCUT2D eigenvalue weighted by Gasteiger charge is -2.33. The summed E-state index contributed by atoms with van der Waals surface area (Å²) in [5.41, 5.74) is 5.87. The van der Waals surface area contributed by atoms with Gasteiger partial charge >= 0.3 is 0 Å². The van der Waals surface area contributed by atoms with Gasteiger partial charge in [0.1, 0.15) is 18.1 Å². The maximum Gasteiger partial charge on any atom is 0.277 e.